The highest BCUT2D eigenvalue weighted by atomic mass is 35.5. The zero-order chi connectivity index (χ0) is 22.9. The Morgan fingerprint density at radius 3 is 2.59 bits per heavy atom. The Bertz CT molecular complexity index is 1220. The van der Waals surface area contributed by atoms with Gasteiger partial charge in [0, 0.05) is 28.2 Å². The summed E-state index contributed by atoms with van der Waals surface area (Å²) >= 11 is 7.19. The van der Waals surface area contributed by atoms with Gasteiger partial charge in [-0.15, -0.1) is 0 Å². The number of benzene rings is 2. The standard InChI is InChI=1S/C25H26ClN3O2S/c1-4-25(3)14-16-8-6-7-9-19(16)22-21(25)23(31)29(5-2)24(28-22)32-15-20(30)27-18-12-10-17(26)11-13-18/h6-13H,4-5,14-15H2,1-3H3,(H,27,30). The number of anilines is 1. The van der Waals surface area contributed by atoms with Crippen LogP contribution in [0.5, 0.6) is 0 Å². The highest BCUT2D eigenvalue weighted by molar-refractivity contribution is 7.99. The van der Waals surface area contributed by atoms with Crippen molar-refractivity contribution in [2.24, 2.45) is 0 Å². The molecule has 32 heavy (non-hydrogen) atoms. The average Bonchev–Trinajstić information content (AvgIpc) is 2.79. The van der Waals surface area contributed by atoms with Crippen LogP contribution in [0.3, 0.4) is 0 Å². The van der Waals surface area contributed by atoms with Gasteiger partial charge in [0.05, 0.1) is 17.0 Å². The van der Waals surface area contributed by atoms with E-state index in [1.165, 1.54) is 17.3 Å². The highest BCUT2D eigenvalue weighted by Crippen LogP contribution is 2.42. The van der Waals surface area contributed by atoms with Gasteiger partial charge in [-0.05, 0) is 49.6 Å². The molecule has 1 heterocycles. The van der Waals surface area contributed by atoms with E-state index in [1.807, 2.05) is 25.1 Å². The van der Waals surface area contributed by atoms with Crippen molar-refractivity contribution >= 4 is 35.0 Å². The zero-order valence-corrected chi connectivity index (χ0v) is 20.0. The summed E-state index contributed by atoms with van der Waals surface area (Å²) in [5.74, 6) is -0.00803. The van der Waals surface area contributed by atoms with E-state index in [4.69, 9.17) is 16.6 Å². The van der Waals surface area contributed by atoms with Crippen LogP contribution in [0, 0.1) is 0 Å². The van der Waals surface area contributed by atoms with Gasteiger partial charge >= 0.3 is 0 Å². The van der Waals surface area contributed by atoms with Gasteiger partial charge in [0.25, 0.3) is 5.56 Å². The minimum atomic E-state index is -0.264. The maximum atomic E-state index is 13.6. The van der Waals surface area contributed by atoms with E-state index >= 15 is 0 Å². The predicted octanol–water partition coefficient (Wildman–Crippen LogP) is 5.54. The molecule has 0 aliphatic heterocycles. The molecule has 1 aromatic heterocycles. The molecule has 1 unspecified atom stereocenters. The number of nitrogens with zero attached hydrogens (tertiary/aromatic N) is 2. The molecule has 1 aliphatic carbocycles. The summed E-state index contributed by atoms with van der Waals surface area (Å²) in [6, 6.07) is 15.1. The third-order valence-electron chi connectivity index (χ3n) is 6.15. The number of amides is 1. The lowest BCUT2D eigenvalue weighted by Crippen LogP contribution is -2.39. The van der Waals surface area contributed by atoms with Crippen molar-refractivity contribution in [1.82, 2.24) is 9.55 Å². The van der Waals surface area contributed by atoms with Crippen LogP contribution in [0.1, 0.15) is 38.3 Å². The van der Waals surface area contributed by atoms with Crippen molar-refractivity contribution in [3.8, 4) is 11.3 Å². The molecule has 1 amide bonds. The summed E-state index contributed by atoms with van der Waals surface area (Å²) < 4.78 is 1.70. The molecule has 0 spiro atoms. The molecule has 1 N–H and O–H groups in total. The van der Waals surface area contributed by atoms with Gasteiger partial charge < -0.3 is 5.32 Å². The van der Waals surface area contributed by atoms with E-state index in [9.17, 15) is 9.59 Å². The quantitative estimate of drug-likeness (QED) is 0.382. The zero-order valence-electron chi connectivity index (χ0n) is 18.4. The number of hydrogen-bond donors (Lipinski definition) is 1. The summed E-state index contributed by atoms with van der Waals surface area (Å²) in [4.78, 5) is 31.1. The molecule has 1 aliphatic rings. The molecule has 0 saturated carbocycles. The first-order valence-corrected chi connectivity index (χ1v) is 12.1. The Balaban J connectivity index is 1.68. The number of fused-ring (bicyclic) bond motifs is 3. The van der Waals surface area contributed by atoms with Crippen LogP contribution in [-0.2, 0) is 23.2 Å². The first kappa shape index (κ1) is 22.6. The lowest BCUT2D eigenvalue weighted by Gasteiger charge is -2.35. The van der Waals surface area contributed by atoms with Gasteiger partial charge in [-0.2, -0.15) is 0 Å². The van der Waals surface area contributed by atoms with Crippen molar-refractivity contribution in [1.29, 1.82) is 0 Å². The molecular formula is C25H26ClN3O2S. The normalized spacial score (nSPS) is 16.9. The summed E-state index contributed by atoms with van der Waals surface area (Å²) in [6.07, 6.45) is 1.67. The molecule has 166 valence electrons. The van der Waals surface area contributed by atoms with Crippen LogP contribution < -0.4 is 10.9 Å². The van der Waals surface area contributed by atoms with Crippen LogP contribution in [0.25, 0.3) is 11.3 Å². The molecule has 7 heteroatoms. The first-order valence-electron chi connectivity index (χ1n) is 10.8. The average molecular weight is 468 g/mol. The molecule has 0 fully saturated rings. The van der Waals surface area contributed by atoms with Crippen molar-refractivity contribution in [2.75, 3.05) is 11.1 Å². The SMILES string of the molecule is CCn1c(SCC(=O)Nc2ccc(Cl)cc2)nc2c(c1=O)C(C)(CC)Cc1ccccc1-2. The number of halogens is 1. The second kappa shape index (κ2) is 9.12. The minimum absolute atomic E-state index is 0.00281. The van der Waals surface area contributed by atoms with Crippen molar-refractivity contribution < 1.29 is 4.79 Å². The maximum Gasteiger partial charge on any atom is 0.258 e. The second-order valence-corrected chi connectivity index (χ2v) is 9.64. The lowest BCUT2D eigenvalue weighted by molar-refractivity contribution is -0.113. The Hall–Kier alpha value is -2.57. The molecule has 0 radical (unpaired) electrons. The number of rotatable bonds is 6. The molecular weight excluding hydrogens is 442 g/mol. The summed E-state index contributed by atoms with van der Waals surface area (Å²) in [6.45, 7) is 6.71. The smallest absolute Gasteiger partial charge is 0.258 e. The van der Waals surface area contributed by atoms with Crippen molar-refractivity contribution in [3.05, 3.63) is 75.0 Å². The number of hydrogen-bond acceptors (Lipinski definition) is 4. The van der Waals surface area contributed by atoms with Crippen LogP contribution in [0.4, 0.5) is 5.69 Å². The summed E-state index contributed by atoms with van der Waals surface area (Å²) in [7, 11) is 0. The Kier molecular flexibility index (Phi) is 6.45. The highest BCUT2D eigenvalue weighted by Gasteiger charge is 2.38. The van der Waals surface area contributed by atoms with E-state index in [-0.39, 0.29) is 22.6 Å². The maximum absolute atomic E-state index is 13.6. The Morgan fingerprint density at radius 1 is 1.19 bits per heavy atom. The molecule has 1 atom stereocenters. The molecule has 0 saturated heterocycles. The lowest BCUT2D eigenvalue weighted by atomic mass is 9.69. The topological polar surface area (TPSA) is 64.0 Å². The van der Waals surface area contributed by atoms with Crippen LogP contribution >= 0.6 is 23.4 Å². The molecule has 0 bridgehead atoms. The Labute approximate surface area is 197 Å². The predicted molar refractivity (Wildman–Crippen MR) is 132 cm³/mol. The van der Waals surface area contributed by atoms with Gasteiger partial charge in [-0.3, -0.25) is 14.2 Å². The first-order chi connectivity index (χ1) is 15.4. The van der Waals surface area contributed by atoms with E-state index < -0.39 is 0 Å². The number of aromatic nitrogens is 2. The summed E-state index contributed by atoms with van der Waals surface area (Å²) in [5, 5.41) is 4.04. The monoisotopic (exact) mass is 467 g/mol. The third kappa shape index (κ3) is 4.21. The number of nitrogens with one attached hydrogen (secondary N) is 1. The van der Waals surface area contributed by atoms with Crippen LogP contribution in [0.2, 0.25) is 5.02 Å². The number of carbonyl (C=O) groups excluding carboxylic acids is 1. The van der Waals surface area contributed by atoms with Gasteiger partial charge in [0.2, 0.25) is 5.91 Å². The van der Waals surface area contributed by atoms with E-state index in [0.29, 0.717) is 22.4 Å². The van der Waals surface area contributed by atoms with Crippen LogP contribution in [0.15, 0.2) is 58.5 Å². The molecule has 5 nitrogen and oxygen atoms in total. The van der Waals surface area contributed by atoms with E-state index in [2.05, 4.69) is 25.2 Å². The van der Waals surface area contributed by atoms with Gasteiger partial charge in [-0.1, -0.05) is 61.5 Å². The van der Waals surface area contributed by atoms with E-state index in [1.54, 1.807) is 28.8 Å². The fourth-order valence-electron chi connectivity index (χ4n) is 4.24. The largest absolute Gasteiger partial charge is 0.325 e. The molecule has 3 aromatic rings. The summed E-state index contributed by atoms with van der Waals surface area (Å²) in [5.41, 5.74) is 4.18. The van der Waals surface area contributed by atoms with Gasteiger partial charge in [0.15, 0.2) is 5.16 Å². The van der Waals surface area contributed by atoms with Crippen LogP contribution in [-0.4, -0.2) is 21.2 Å². The van der Waals surface area contributed by atoms with E-state index in [0.717, 1.165) is 29.7 Å². The van der Waals surface area contributed by atoms with Gasteiger partial charge in [-0.25, -0.2) is 4.98 Å². The van der Waals surface area contributed by atoms with Gasteiger partial charge in [0.1, 0.15) is 0 Å². The van der Waals surface area contributed by atoms with Crippen molar-refractivity contribution in [2.45, 2.75) is 50.7 Å². The Morgan fingerprint density at radius 2 is 1.91 bits per heavy atom. The van der Waals surface area contributed by atoms with Crippen molar-refractivity contribution in [3.63, 3.8) is 0 Å². The second-order valence-electron chi connectivity index (χ2n) is 8.26. The third-order valence-corrected chi connectivity index (χ3v) is 7.38. The fourth-order valence-corrected chi connectivity index (χ4v) is 5.22. The fraction of sp³-hybridized carbons (Fsp3) is 0.320. The molecule has 4 rings (SSSR count). The minimum Gasteiger partial charge on any atom is -0.325 e. The number of thioether (sulfide) groups is 1. The number of carbonyl (C=O) groups is 1. The molecule has 2 aromatic carbocycles.